The Morgan fingerprint density at radius 3 is 2.29 bits per heavy atom. The fraction of sp³-hybridized carbons (Fsp3) is 0.909. The van der Waals surface area contributed by atoms with Gasteiger partial charge in [-0.25, -0.2) is 0 Å². The van der Waals surface area contributed by atoms with Crippen LogP contribution < -0.4 is 0 Å². The van der Waals surface area contributed by atoms with Crippen molar-refractivity contribution >= 4 is 5.91 Å². The molecule has 2 aliphatic rings. The summed E-state index contributed by atoms with van der Waals surface area (Å²) in [6, 6.07) is 1.18. The molecule has 0 aromatic rings. The highest BCUT2D eigenvalue weighted by molar-refractivity contribution is 5.74. The highest BCUT2D eigenvalue weighted by Gasteiger charge is 2.43. The summed E-state index contributed by atoms with van der Waals surface area (Å²) < 4.78 is 0. The minimum atomic E-state index is 0.248. The largest absolute Gasteiger partial charge is 0.337 e. The third-order valence-corrected chi connectivity index (χ3v) is 3.16. The number of nitrogens with zero attached hydrogens (tertiary/aromatic N) is 2. The van der Waals surface area contributed by atoms with Crippen molar-refractivity contribution in [2.45, 2.75) is 46.2 Å². The smallest absolute Gasteiger partial charge is 0.219 e. The average molecular weight is 198 g/mol. The minimum Gasteiger partial charge on any atom is -0.337 e. The lowest BCUT2D eigenvalue weighted by atomic mass is 10.2. The van der Waals surface area contributed by atoms with Crippen LogP contribution in [0.1, 0.15) is 34.1 Å². The molecule has 0 aliphatic carbocycles. The molecule has 0 saturated carbocycles. The highest BCUT2D eigenvalue weighted by Crippen LogP contribution is 2.29. The number of piperazine rings is 1. The first-order chi connectivity index (χ1) is 6.72. The number of hydrogen-bond acceptors (Lipinski definition) is 2. The van der Waals surface area contributed by atoms with Crippen LogP contribution in [0.25, 0.3) is 0 Å². The third-order valence-electron chi connectivity index (χ3n) is 3.16. The second-order valence-corrected chi connectivity index (χ2v) is 3.80. The Hall–Kier alpha value is -0.570. The first-order valence-electron chi connectivity index (χ1n) is 5.73. The summed E-state index contributed by atoms with van der Waals surface area (Å²) in [6.45, 7) is 11.1. The Kier molecular flexibility index (Phi) is 3.93. The molecule has 2 atom stereocenters. The fourth-order valence-corrected chi connectivity index (χ4v) is 2.52. The van der Waals surface area contributed by atoms with Gasteiger partial charge in [-0.3, -0.25) is 9.69 Å². The summed E-state index contributed by atoms with van der Waals surface area (Å²) in [6.07, 6.45) is 1.20. The Morgan fingerprint density at radius 1 is 1.29 bits per heavy atom. The molecule has 2 bridgehead atoms. The predicted molar refractivity (Wildman–Crippen MR) is 58.2 cm³/mol. The van der Waals surface area contributed by atoms with Crippen LogP contribution in [0.2, 0.25) is 0 Å². The number of hydrogen-bond donors (Lipinski definition) is 0. The van der Waals surface area contributed by atoms with Crippen LogP contribution in [-0.2, 0) is 4.79 Å². The van der Waals surface area contributed by atoms with Crippen molar-refractivity contribution in [2.24, 2.45) is 0 Å². The summed E-state index contributed by atoms with van der Waals surface area (Å²) >= 11 is 0. The Balaban J connectivity index is 0.000000461. The van der Waals surface area contributed by atoms with Crippen LogP contribution in [-0.4, -0.2) is 47.4 Å². The van der Waals surface area contributed by atoms with Crippen LogP contribution >= 0.6 is 0 Å². The van der Waals surface area contributed by atoms with Crippen molar-refractivity contribution in [2.75, 3.05) is 19.6 Å². The zero-order chi connectivity index (χ0) is 10.7. The summed E-state index contributed by atoms with van der Waals surface area (Å²) in [5.74, 6) is 0.248. The number of carbonyl (C=O) groups is 1. The van der Waals surface area contributed by atoms with E-state index in [2.05, 4.69) is 11.8 Å². The number of likely N-dealkylation sites (N-methyl/N-ethyl adjacent to an activating group) is 1. The Morgan fingerprint density at radius 2 is 1.93 bits per heavy atom. The van der Waals surface area contributed by atoms with Crippen LogP contribution in [0.5, 0.6) is 0 Å². The van der Waals surface area contributed by atoms with Gasteiger partial charge in [0.05, 0.1) is 0 Å². The maximum Gasteiger partial charge on any atom is 0.219 e. The fourth-order valence-electron chi connectivity index (χ4n) is 2.52. The van der Waals surface area contributed by atoms with Crippen molar-refractivity contribution in [3.63, 3.8) is 0 Å². The number of carbonyl (C=O) groups excluding carboxylic acids is 1. The average Bonchev–Trinajstić information content (AvgIpc) is 2.78. The number of amides is 1. The topological polar surface area (TPSA) is 23.6 Å². The van der Waals surface area contributed by atoms with Gasteiger partial charge in [0, 0.05) is 32.1 Å². The van der Waals surface area contributed by atoms with Gasteiger partial charge in [-0.1, -0.05) is 20.8 Å². The molecule has 2 unspecified atom stereocenters. The lowest BCUT2D eigenvalue weighted by molar-refractivity contribution is -0.131. The van der Waals surface area contributed by atoms with E-state index < -0.39 is 0 Å². The molecule has 1 amide bonds. The molecule has 2 aliphatic heterocycles. The molecule has 82 valence electrons. The highest BCUT2D eigenvalue weighted by atomic mass is 16.2. The second kappa shape index (κ2) is 4.78. The quantitative estimate of drug-likeness (QED) is 0.635. The van der Waals surface area contributed by atoms with Gasteiger partial charge in [-0.2, -0.15) is 0 Å². The van der Waals surface area contributed by atoms with E-state index in [9.17, 15) is 4.79 Å². The van der Waals surface area contributed by atoms with E-state index >= 15 is 0 Å². The van der Waals surface area contributed by atoms with Gasteiger partial charge < -0.3 is 4.90 Å². The van der Waals surface area contributed by atoms with E-state index in [0.717, 1.165) is 19.6 Å². The molecule has 3 heteroatoms. The van der Waals surface area contributed by atoms with Crippen molar-refractivity contribution in [1.29, 1.82) is 0 Å². The normalized spacial score (nSPS) is 30.1. The molecule has 2 rings (SSSR count). The van der Waals surface area contributed by atoms with Crippen molar-refractivity contribution in [3.8, 4) is 0 Å². The van der Waals surface area contributed by atoms with Gasteiger partial charge in [0.1, 0.15) is 0 Å². The molecular formula is C11H22N2O. The maximum atomic E-state index is 11.1. The minimum absolute atomic E-state index is 0.248. The summed E-state index contributed by atoms with van der Waals surface area (Å²) in [5.41, 5.74) is 0. The monoisotopic (exact) mass is 198 g/mol. The first kappa shape index (κ1) is 11.5. The van der Waals surface area contributed by atoms with Crippen LogP contribution in [0.15, 0.2) is 0 Å². The molecule has 2 fully saturated rings. The lowest BCUT2D eigenvalue weighted by Crippen LogP contribution is -2.47. The van der Waals surface area contributed by atoms with Gasteiger partial charge >= 0.3 is 0 Å². The second-order valence-electron chi connectivity index (χ2n) is 3.80. The zero-order valence-corrected chi connectivity index (χ0v) is 9.79. The molecule has 2 heterocycles. The SMILES string of the molecule is CC.CCN1CC2CC1CN2C(C)=O. The van der Waals surface area contributed by atoms with Crippen LogP contribution in [0.3, 0.4) is 0 Å². The van der Waals surface area contributed by atoms with Crippen molar-refractivity contribution < 1.29 is 4.79 Å². The molecular weight excluding hydrogens is 176 g/mol. The summed E-state index contributed by atoms with van der Waals surface area (Å²) in [7, 11) is 0. The van der Waals surface area contributed by atoms with E-state index in [1.807, 2.05) is 18.7 Å². The first-order valence-corrected chi connectivity index (χ1v) is 5.73. The van der Waals surface area contributed by atoms with Gasteiger partial charge in [0.25, 0.3) is 0 Å². The maximum absolute atomic E-state index is 11.1. The number of fused-ring (bicyclic) bond motifs is 2. The summed E-state index contributed by atoms with van der Waals surface area (Å²) in [5, 5.41) is 0. The molecule has 2 saturated heterocycles. The Bertz CT molecular complexity index is 205. The summed E-state index contributed by atoms with van der Waals surface area (Å²) in [4.78, 5) is 15.6. The van der Waals surface area contributed by atoms with E-state index in [1.165, 1.54) is 6.42 Å². The van der Waals surface area contributed by atoms with Gasteiger partial charge in [-0.05, 0) is 13.0 Å². The molecule has 3 nitrogen and oxygen atoms in total. The molecule has 0 aromatic heterocycles. The predicted octanol–water partition coefficient (Wildman–Crippen LogP) is 1.34. The number of likely N-dealkylation sites (tertiary alicyclic amines) is 2. The van der Waals surface area contributed by atoms with Gasteiger partial charge in [0.15, 0.2) is 0 Å². The van der Waals surface area contributed by atoms with E-state index in [1.54, 1.807) is 6.92 Å². The molecule has 0 N–H and O–H groups in total. The molecule has 0 spiro atoms. The van der Waals surface area contributed by atoms with E-state index in [-0.39, 0.29) is 5.91 Å². The van der Waals surface area contributed by atoms with Gasteiger partial charge in [-0.15, -0.1) is 0 Å². The van der Waals surface area contributed by atoms with Crippen LogP contribution in [0.4, 0.5) is 0 Å². The molecule has 14 heavy (non-hydrogen) atoms. The molecule has 0 radical (unpaired) electrons. The molecule has 0 aromatic carbocycles. The number of rotatable bonds is 1. The van der Waals surface area contributed by atoms with Crippen molar-refractivity contribution in [3.05, 3.63) is 0 Å². The Labute approximate surface area is 87.1 Å². The van der Waals surface area contributed by atoms with Crippen LogP contribution in [0, 0.1) is 0 Å². The standard InChI is InChI=1S/C9H16N2O.C2H6/c1-3-10-5-9-4-8(10)6-11(9)7(2)12;1-2/h8-9H,3-6H2,1-2H3;1-2H3. The lowest BCUT2D eigenvalue weighted by Gasteiger charge is -2.32. The van der Waals surface area contributed by atoms with Gasteiger partial charge in [0.2, 0.25) is 5.91 Å². The van der Waals surface area contributed by atoms with E-state index in [0.29, 0.717) is 12.1 Å². The van der Waals surface area contributed by atoms with Crippen molar-refractivity contribution in [1.82, 2.24) is 9.80 Å². The van der Waals surface area contributed by atoms with E-state index in [4.69, 9.17) is 0 Å². The zero-order valence-electron chi connectivity index (χ0n) is 9.79. The third kappa shape index (κ3) is 1.92.